The number of allylic oxidation sites excluding steroid dienone is 2. The molecular formula is C49H91NO8. The molecule has 0 aliphatic carbocycles. The summed E-state index contributed by atoms with van der Waals surface area (Å²) in [6.45, 7) is 10.8. The van der Waals surface area contributed by atoms with Crippen molar-refractivity contribution in [1.29, 1.82) is 0 Å². The predicted octanol–water partition coefficient (Wildman–Crippen LogP) is 12.5. The highest BCUT2D eigenvalue weighted by atomic mass is 16.6. The Balaban J connectivity index is 5.79. The molecule has 0 aromatic rings. The Kier molecular flexibility index (Phi) is 37.1. The van der Waals surface area contributed by atoms with Crippen LogP contribution in [0.1, 0.15) is 214 Å². The van der Waals surface area contributed by atoms with Crippen molar-refractivity contribution < 1.29 is 38.1 Å². The third-order valence-electron chi connectivity index (χ3n) is 11.1. The van der Waals surface area contributed by atoms with E-state index in [2.05, 4.69) is 46.8 Å². The maximum atomic E-state index is 13.4. The van der Waals surface area contributed by atoms with E-state index in [1.54, 1.807) is 0 Å². The lowest BCUT2D eigenvalue weighted by Gasteiger charge is -2.32. The summed E-state index contributed by atoms with van der Waals surface area (Å²) in [5.74, 6) is -0.963. The van der Waals surface area contributed by atoms with E-state index >= 15 is 0 Å². The largest absolute Gasteiger partial charge is 0.465 e. The average molecular weight is 822 g/mol. The molecule has 0 atom stereocenters. The van der Waals surface area contributed by atoms with Crippen LogP contribution in [0.25, 0.3) is 0 Å². The standard InChI is InChI=1S/C49H91NO8/c1-8-13-18-19-20-21-22-23-24-25-26-27-28-34-45(51)55-39-49(40-56-46(52)35-29-36-50(6)7,41-57-47(53)37-43(30-14-9-2)31-15-10-3)42-58-48(54)38-44(32-16-11-4)33-17-12-5/h21-22,43-44H,8-20,23-42H2,1-7H3/b22-21-. The first-order chi connectivity index (χ1) is 28.0. The molecule has 0 unspecified atom stereocenters. The number of unbranched alkanes of at least 4 members (excludes halogenated alkanes) is 13. The van der Waals surface area contributed by atoms with Crippen molar-refractivity contribution >= 4 is 23.9 Å². The van der Waals surface area contributed by atoms with Crippen molar-refractivity contribution in [3.8, 4) is 0 Å². The van der Waals surface area contributed by atoms with E-state index in [9.17, 15) is 19.2 Å². The van der Waals surface area contributed by atoms with Crippen molar-refractivity contribution in [2.75, 3.05) is 47.1 Å². The van der Waals surface area contributed by atoms with Crippen LogP contribution in [0.4, 0.5) is 0 Å². The van der Waals surface area contributed by atoms with E-state index in [-0.39, 0.29) is 69.0 Å². The minimum atomic E-state index is -1.23. The second kappa shape index (κ2) is 38.8. The van der Waals surface area contributed by atoms with Gasteiger partial charge in [0, 0.05) is 25.7 Å². The van der Waals surface area contributed by atoms with Gasteiger partial charge >= 0.3 is 23.9 Å². The van der Waals surface area contributed by atoms with Gasteiger partial charge in [-0.25, -0.2) is 0 Å². The fourth-order valence-corrected chi connectivity index (χ4v) is 7.11. The normalized spacial score (nSPS) is 11.9. The van der Waals surface area contributed by atoms with Crippen LogP contribution in [0.3, 0.4) is 0 Å². The van der Waals surface area contributed by atoms with Gasteiger partial charge in [-0.1, -0.05) is 137 Å². The molecule has 340 valence electrons. The van der Waals surface area contributed by atoms with Crippen molar-refractivity contribution in [2.24, 2.45) is 17.3 Å². The van der Waals surface area contributed by atoms with Crippen molar-refractivity contribution in [3.05, 3.63) is 12.2 Å². The van der Waals surface area contributed by atoms with E-state index < -0.39 is 11.4 Å². The van der Waals surface area contributed by atoms with Crippen molar-refractivity contribution in [1.82, 2.24) is 4.90 Å². The smallest absolute Gasteiger partial charge is 0.306 e. The summed E-state index contributed by atoms with van der Waals surface area (Å²) in [6, 6.07) is 0. The summed E-state index contributed by atoms with van der Waals surface area (Å²) in [4.78, 5) is 54.9. The maximum Gasteiger partial charge on any atom is 0.306 e. The van der Waals surface area contributed by atoms with Crippen LogP contribution in [0.5, 0.6) is 0 Å². The zero-order chi connectivity index (χ0) is 43.1. The minimum Gasteiger partial charge on any atom is -0.465 e. The van der Waals surface area contributed by atoms with Gasteiger partial charge < -0.3 is 23.8 Å². The van der Waals surface area contributed by atoms with Gasteiger partial charge in [0.05, 0.1) is 0 Å². The molecule has 0 bridgehead atoms. The minimum absolute atomic E-state index is 0.187. The first-order valence-corrected chi connectivity index (χ1v) is 24.0. The molecule has 9 nitrogen and oxygen atoms in total. The molecule has 0 aromatic carbocycles. The lowest BCUT2D eigenvalue weighted by Crippen LogP contribution is -2.44. The maximum absolute atomic E-state index is 13.4. The highest BCUT2D eigenvalue weighted by Crippen LogP contribution is 2.26. The molecule has 0 fully saturated rings. The SMILES string of the molecule is CCCCCC/C=C\CCCCCCCC(=O)OCC(COC(=O)CCCN(C)C)(COC(=O)CC(CCCC)CCCC)COC(=O)CC(CCCC)CCCC. The molecule has 0 heterocycles. The fourth-order valence-electron chi connectivity index (χ4n) is 7.11. The summed E-state index contributed by atoms with van der Waals surface area (Å²) in [5.41, 5.74) is -1.23. The number of ether oxygens (including phenoxy) is 4. The molecule has 0 N–H and O–H groups in total. The summed E-state index contributed by atoms with van der Waals surface area (Å²) in [5, 5.41) is 0. The van der Waals surface area contributed by atoms with Gasteiger partial charge in [0.1, 0.15) is 31.8 Å². The van der Waals surface area contributed by atoms with Gasteiger partial charge in [0.15, 0.2) is 0 Å². The number of esters is 4. The van der Waals surface area contributed by atoms with Gasteiger partial charge in [-0.05, 0) is 96.7 Å². The zero-order valence-corrected chi connectivity index (χ0v) is 38.9. The number of hydrogen-bond donors (Lipinski definition) is 0. The fraction of sp³-hybridized carbons (Fsp3) is 0.878. The van der Waals surface area contributed by atoms with Gasteiger partial charge in [-0.15, -0.1) is 0 Å². The van der Waals surface area contributed by atoms with Crippen LogP contribution >= 0.6 is 0 Å². The molecular weight excluding hydrogens is 731 g/mol. The van der Waals surface area contributed by atoms with Gasteiger partial charge in [0.25, 0.3) is 0 Å². The zero-order valence-electron chi connectivity index (χ0n) is 38.9. The van der Waals surface area contributed by atoms with Gasteiger partial charge in [-0.2, -0.15) is 0 Å². The molecule has 0 spiro atoms. The number of carbonyl (C=O) groups excluding carboxylic acids is 4. The number of nitrogens with zero attached hydrogens (tertiary/aromatic N) is 1. The summed E-state index contributed by atoms with van der Waals surface area (Å²) in [6.07, 6.45) is 31.1. The van der Waals surface area contributed by atoms with Crippen LogP contribution < -0.4 is 0 Å². The predicted molar refractivity (Wildman–Crippen MR) is 239 cm³/mol. The molecule has 58 heavy (non-hydrogen) atoms. The second-order valence-electron chi connectivity index (χ2n) is 17.4. The molecule has 0 rings (SSSR count). The van der Waals surface area contributed by atoms with Crippen LogP contribution in [0, 0.1) is 17.3 Å². The lowest BCUT2D eigenvalue weighted by molar-refractivity contribution is -0.171. The lowest BCUT2D eigenvalue weighted by atomic mass is 9.91. The topological polar surface area (TPSA) is 108 Å². The third kappa shape index (κ3) is 33.4. The first kappa shape index (κ1) is 55.6. The van der Waals surface area contributed by atoms with Crippen LogP contribution in [0.15, 0.2) is 12.2 Å². The number of carbonyl (C=O) groups is 4. The summed E-state index contributed by atoms with van der Waals surface area (Å²) < 4.78 is 23.6. The van der Waals surface area contributed by atoms with Crippen molar-refractivity contribution in [2.45, 2.75) is 214 Å². The van der Waals surface area contributed by atoms with Crippen LogP contribution in [0.2, 0.25) is 0 Å². The second-order valence-corrected chi connectivity index (χ2v) is 17.4. The highest BCUT2D eigenvalue weighted by molar-refractivity contribution is 5.71. The van der Waals surface area contributed by atoms with Gasteiger partial charge in [-0.3, -0.25) is 19.2 Å². The molecule has 0 aliphatic heterocycles. The molecule has 0 saturated carbocycles. The Hall–Kier alpha value is -2.42. The Morgan fingerprint density at radius 3 is 1.19 bits per heavy atom. The van der Waals surface area contributed by atoms with E-state index in [1.165, 1.54) is 32.1 Å². The molecule has 9 heteroatoms. The molecule has 0 saturated heterocycles. The third-order valence-corrected chi connectivity index (χ3v) is 11.1. The molecule has 0 amide bonds. The monoisotopic (exact) mass is 822 g/mol. The number of rotatable bonds is 41. The van der Waals surface area contributed by atoms with E-state index in [4.69, 9.17) is 18.9 Å². The molecule has 0 aliphatic rings. The summed E-state index contributed by atoms with van der Waals surface area (Å²) in [7, 11) is 3.90. The van der Waals surface area contributed by atoms with Gasteiger partial charge in [0.2, 0.25) is 0 Å². The number of hydrogen-bond acceptors (Lipinski definition) is 9. The Morgan fingerprint density at radius 2 is 0.793 bits per heavy atom. The molecule has 0 aromatic heterocycles. The van der Waals surface area contributed by atoms with E-state index in [0.717, 1.165) is 122 Å². The Morgan fingerprint density at radius 1 is 0.448 bits per heavy atom. The van der Waals surface area contributed by atoms with Crippen molar-refractivity contribution in [3.63, 3.8) is 0 Å². The Labute approximate surface area is 356 Å². The first-order valence-electron chi connectivity index (χ1n) is 24.0. The summed E-state index contributed by atoms with van der Waals surface area (Å²) >= 11 is 0. The quantitative estimate of drug-likeness (QED) is 0.0258. The Bertz CT molecular complexity index is 990. The van der Waals surface area contributed by atoms with Crippen LogP contribution in [-0.2, 0) is 38.1 Å². The molecule has 0 radical (unpaired) electrons. The van der Waals surface area contributed by atoms with E-state index in [0.29, 0.717) is 19.3 Å². The van der Waals surface area contributed by atoms with Crippen LogP contribution in [-0.4, -0.2) is 75.8 Å². The average Bonchev–Trinajstić information content (AvgIpc) is 3.20. The highest BCUT2D eigenvalue weighted by Gasteiger charge is 2.38. The van der Waals surface area contributed by atoms with E-state index in [1.807, 2.05) is 19.0 Å².